The molecule has 0 bridgehead atoms. The highest BCUT2D eigenvalue weighted by Gasteiger charge is 2.59. The van der Waals surface area contributed by atoms with E-state index in [1.807, 2.05) is 20.2 Å². The van der Waals surface area contributed by atoms with Crippen molar-refractivity contribution in [2.24, 2.45) is 40.4 Å². The minimum absolute atomic E-state index is 0.270. The molecule has 0 aromatic rings. The van der Waals surface area contributed by atoms with Crippen LogP contribution in [0.3, 0.4) is 0 Å². The molecule has 0 radical (unpaired) electrons. The van der Waals surface area contributed by atoms with Crippen LogP contribution >= 0.6 is 0 Å². The fourth-order valence-electron chi connectivity index (χ4n) is 8.31. The van der Waals surface area contributed by atoms with Crippen LogP contribution in [0.5, 0.6) is 0 Å². The molecule has 3 nitrogen and oxygen atoms in total. The average molecular weight is 400 g/mol. The Kier molecular flexibility index (Phi) is 5.49. The van der Waals surface area contributed by atoms with Gasteiger partial charge in [0.05, 0.1) is 0 Å². The van der Waals surface area contributed by atoms with Gasteiger partial charge in [0, 0.05) is 26.9 Å². The molecule has 3 heteroatoms. The molecule has 0 aliphatic heterocycles. The molecule has 0 aromatic carbocycles. The maximum atomic E-state index is 12.1. The van der Waals surface area contributed by atoms with Crippen molar-refractivity contribution < 1.29 is 9.59 Å². The van der Waals surface area contributed by atoms with Crippen LogP contribution in [0.15, 0.2) is 11.6 Å². The zero-order chi connectivity index (χ0) is 21.0. The predicted molar refractivity (Wildman–Crippen MR) is 117 cm³/mol. The molecule has 0 aromatic heterocycles. The van der Waals surface area contributed by atoms with Crippen molar-refractivity contribution in [2.75, 3.05) is 14.1 Å². The van der Waals surface area contributed by atoms with Gasteiger partial charge in [-0.3, -0.25) is 9.59 Å². The smallest absolute Gasteiger partial charge is 0.222 e. The number of nitrogens with zero attached hydrogens (tertiary/aromatic N) is 1. The molecule has 0 saturated heterocycles. The SMILES string of the molecule is C[C@H](CCC(=O)N(C)C)[C@H]1CC[C@H]2[C@@H]3CCC4=CC(=O)CC[C@]4(C)[C@H]3CC[C@]12C. The van der Waals surface area contributed by atoms with E-state index in [0.717, 1.165) is 49.4 Å². The van der Waals surface area contributed by atoms with Crippen molar-refractivity contribution in [1.82, 2.24) is 4.90 Å². The first-order valence-electron chi connectivity index (χ1n) is 12.1. The number of hydrogen-bond donors (Lipinski definition) is 0. The van der Waals surface area contributed by atoms with E-state index >= 15 is 0 Å². The second-order valence-corrected chi connectivity index (χ2v) is 11.5. The number of rotatable bonds is 4. The molecular weight excluding hydrogens is 358 g/mol. The lowest BCUT2D eigenvalue weighted by Crippen LogP contribution is -2.51. The largest absolute Gasteiger partial charge is 0.349 e. The summed E-state index contributed by atoms with van der Waals surface area (Å²) < 4.78 is 0. The van der Waals surface area contributed by atoms with Crippen LogP contribution in [0, 0.1) is 40.4 Å². The van der Waals surface area contributed by atoms with Crippen LogP contribution in [0.2, 0.25) is 0 Å². The normalized spacial score (nSPS) is 42.4. The number of carbonyl (C=O) groups is 2. The van der Waals surface area contributed by atoms with Gasteiger partial charge in [0.25, 0.3) is 0 Å². The molecule has 0 heterocycles. The first-order valence-corrected chi connectivity index (χ1v) is 12.1. The van der Waals surface area contributed by atoms with Gasteiger partial charge in [0.2, 0.25) is 5.91 Å². The number of fused-ring (bicyclic) bond motifs is 5. The van der Waals surface area contributed by atoms with E-state index in [9.17, 15) is 9.59 Å². The fraction of sp³-hybridized carbons (Fsp3) is 0.846. The van der Waals surface area contributed by atoms with Gasteiger partial charge in [-0.05, 0) is 97.9 Å². The Labute approximate surface area is 177 Å². The Bertz CT molecular complexity index is 709. The molecule has 1 amide bonds. The fourth-order valence-corrected chi connectivity index (χ4v) is 8.31. The third kappa shape index (κ3) is 3.41. The van der Waals surface area contributed by atoms with Gasteiger partial charge in [0.1, 0.15) is 0 Å². The molecule has 4 aliphatic rings. The number of allylic oxidation sites excluding steroid dienone is 1. The first-order chi connectivity index (χ1) is 13.7. The van der Waals surface area contributed by atoms with Crippen molar-refractivity contribution in [3.8, 4) is 0 Å². The van der Waals surface area contributed by atoms with Crippen molar-refractivity contribution in [2.45, 2.75) is 85.0 Å². The second-order valence-electron chi connectivity index (χ2n) is 11.5. The van der Waals surface area contributed by atoms with Crippen molar-refractivity contribution in [3.05, 3.63) is 11.6 Å². The first kappa shape index (κ1) is 21.1. The van der Waals surface area contributed by atoms with E-state index in [1.54, 1.807) is 4.90 Å². The topological polar surface area (TPSA) is 37.4 Å². The summed E-state index contributed by atoms with van der Waals surface area (Å²) in [5.41, 5.74) is 2.20. The summed E-state index contributed by atoms with van der Waals surface area (Å²) in [5, 5.41) is 0. The Balaban J connectivity index is 1.49. The monoisotopic (exact) mass is 399 g/mol. The maximum Gasteiger partial charge on any atom is 0.222 e. The Morgan fingerprint density at radius 1 is 1.10 bits per heavy atom. The number of hydrogen-bond acceptors (Lipinski definition) is 2. The quantitative estimate of drug-likeness (QED) is 0.613. The minimum atomic E-state index is 0.270. The predicted octanol–water partition coefficient (Wildman–Crippen LogP) is 5.64. The minimum Gasteiger partial charge on any atom is -0.349 e. The van der Waals surface area contributed by atoms with Gasteiger partial charge in [-0.15, -0.1) is 0 Å². The second kappa shape index (κ2) is 7.54. The van der Waals surface area contributed by atoms with E-state index in [1.165, 1.54) is 37.7 Å². The zero-order valence-corrected chi connectivity index (χ0v) is 19.3. The Morgan fingerprint density at radius 3 is 2.59 bits per heavy atom. The van der Waals surface area contributed by atoms with Crippen molar-refractivity contribution in [1.29, 1.82) is 0 Å². The lowest BCUT2D eigenvalue weighted by atomic mass is 9.46. The van der Waals surface area contributed by atoms with Crippen LogP contribution in [-0.2, 0) is 9.59 Å². The highest BCUT2D eigenvalue weighted by atomic mass is 16.2. The number of carbonyl (C=O) groups excluding carboxylic acids is 2. The van der Waals surface area contributed by atoms with Crippen LogP contribution in [0.25, 0.3) is 0 Å². The van der Waals surface area contributed by atoms with E-state index in [0.29, 0.717) is 23.5 Å². The number of ketones is 1. The molecule has 0 N–H and O–H groups in total. The highest BCUT2D eigenvalue weighted by Crippen LogP contribution is 2.67. The lowest BCUT2D eigenvalue weighted by Gasteiger charge is -2.58. The van der Waals surface area contributed by atoms with E-state index in [2.05, 4.69) is 20.8 Å². The molecule has 29 heavy (non-hydrogen) atoms. The van der Waals surface area contributed by atoms with E-state index in [-0.39, 0.29) is 11.3 Å². The third-order valence-electron chi connectivity index (χ3n) is 10.0. The van der Waals surface area contributed by atoms with Crippen molar-refractivity contribution in [3.63, 3.8) is 0 Å². The van der Waals surface area contributed by atoms with Crippen molar-refractivity contribution >= 4 is 11.7 Å². The molecule has 162 valence electrons. The van der Waals surface area contributed by atoms with Gasteiger partial charge >= 0.3 is 0 Å². The summed E-state index contributed by atoms with van der Waals surface area (Å²) in [6.45, 7) is 7.48. The standard InChI is InChI=1S/C26H41NO2/c1-17(6-11-24(29)27(4)5)21-9-10-22-20-8-7-18-16-19(28)12-14-25(18,2)23(20)13-15-26(21,22)3/h16-17,20-23H,6-15H2,1-5H3/t17-,20+,21-,22+,23+,25+,26-/m1/s1. The molecule has 4 aliphatic carbocycles. The summed E-state index contributed by atoms with van der Waals surface area (Å²) in [5.74, 6) is 4.48. The average Bonchev–Trinajstić information content (AvgIpc) is 3.03. The molecule has 0 unspecified atom stereocenters. The Morgan fingerprint density at radius 2 is 1.86 bits per heavy atom. The van der Waals surface area contributed by atoms with E-state index in [4.69, 9.17) is 0 Å². The van der Waals surface area contributed by atoms with E-state index < -0.39 is 0 Å². The molecule has 3 fully saturated rings. The molecule has 0 spiro atoms. The summed E-state index contributed by atoms with van der Waals surface area (Å²) in [6, 6.07) is 0. The number of amides is 1. The summed E-state index contributed by atoms with van der Waals surface area (Å²) in [7, 11) is 3.73. The van der Waals surface area contributed by atoms with Gasteiger partial charge in [-0.1, -0.05) is 26.3 Å². The molecular formula is C26H41NO2. The molecule has 3 saturated carbocycles. The third-order valence-corrected chi connectivity index (χ3v) is 10.0. The summed E-state index contributed by atoms with van der Waals surface area (Å²) >= 11 is 0. The zero-order valence-electron chi connectivity index (χ0n) is 19.3. The summed E-state index contributed by atoms with van der Waals surface area (Å²) in [4.78, 5) is 25.9. The van der Waals surface area contributed by atoms with Gasteiger partial charge in [-0.2, -0.15) is 0 Å². The van der Waals surface area contributed by atoms with Crippen LogP contribution in [-0.4, -0.2) is 30.7 Å². The Hall–Kier alpha value is -1.12. The molecule has 4 rings (SSSR count). The highest BCUT2D eigenvalue weighted by molar-refractivity contribution is 5.91. The van der Waals surface area contributed by atoms with Crippen LogP contribution in [0.4, 0.5) is 0 Å². The van der Waals surface area contributed by atoms with Gasteiger partial charge in [-0.25, -0.2) is 0 Å². The molecule has 7 atom stereocenters. The van der Waals surface area contributed by atoms with Crippen LogP contribution in [0.1, 0.15) is 85.0 Å². The van der Waals surface area contributed by atoms with Gasteiger partial charge < -0.3 is 4.90 Å². The lowest BCUT2D eigenvalue weighted by molar-refractivity contribution is -0.129. The van der Waals surface area contributed by atoms with Crippen LogP contribution < -0.4 is 0 Å². The maximum absolute atomic E-state index is 12.1. The van der Waals surface area contributed by atoms with Gasteiger partial charge in [0.15, 0.2) is 5.78 Å². The summed E-state index contributed by atoms with van der Waals surface area (Å²) in [6.07, 6.45) is 13.4.